The molecule has 0 bridgehead atoms. The fraction of sp³-hybridized carbons (Fsp3) is 0.562. The van der Waals surface area contributed by atoms with E-state index in [0.29, 0.717) is 25.7 Å². The van der Waals surface area contributed by atoms with Crippen molar-refractivity contribution in [3.63, 3.8) is 0 Å². The highest BCUT2D eigenvalue weighted by Crippen LogP contribution is 2.43. The van der Waals surface area contributed by atoms with Crippen molar-refractivity contribution in [1.82, 2.24) is 0 Å². The molecule has 1 fully saturated rings. The second-order valence-corrected chi connectivity index (χ2v) is 5.34. The van der Waals surface area contributed by atoms with Gasteiger partial charge in [0.15, 0.2) is 5.78 Å². The van der Waals surface area contributed by atoms with Crippen LogP contribution in [0.15, 0.2) is 24.8 Å². The predicted octanol–water partition coefficient (Wildman–Crippen LogP) is 2.63. The Bertz CT molecular complexity index is 436. The van der Waals surface area contributed by atoms with E-state index < -0.39 is 11.4 Å². The Balaban J connectivity index is 2.69. The largest absolute Gasteiger partial charge is 0.461 e. The monoisotopic (exact) mass is 278 g/mol. The van der Waals surface area contributed by atoms with Crippen molar-refractivity contribution >= 4 is 17.5 Å². The van der Waals surface area contributed by atoms with Crippen LogP contribution in [-0.2, 0) is 19.1 Å². The fourth-order valence-electron chi connectivity index (χ4n) is 2.63. The molecule has 4 nitrogen and oxygen atoms in total. The lowest BCUT2D eigenvalue weighted by molar-refractivity contribution is -0.159. The summed E-state index contributed by atoms with van der Waals surface area (Å²) >= 11 is 0. The lowest BCUT2D eigenvalue weighted by Crippen LogP contribution is -2.39. The van der Waals surface area contributed by atoms with Crippen molar-refractivity contribution in [3.8, 4) is 0 Å². The summed E-state index contributed by atoms with van der Waals surface area (Å²) in [4.78, 5) is 35.0. The molecule has 0 spiro atoms. The maximum atomic E-state index is 12.1. The first-order valence-corrected chi connectivity index (χ1v) is 6.91. The van der Waals surface area contributed by atoms with Gasteiger partial charge >= 0.3 is 5.97 Å². The van der Waals surface area contributed by atoms with Gasteiger partial charge in [-0.1, -0.05) is 18.7 Å². The molecule has 110 valence electrons. The van der Waals surface area contributed by atoms with E-state index in [1.807, 2.05) is 0 Å². The summed E-state index contributed by atoms with van der Waals surface area (Å²) in [6.45, 7) is 6.78. The van der Waals surface area contributed by atoms with E-state index in [4.69, 9.17) is 4.74 Å². The van der Waals surface area contributed by atoms with Crippen LogP contribution >= 0.6 is 0 Å². The minimum Gasteiger partial charge on any atom is -0.461 e. The van der Waals surface area contributed by atoms with Crippen LogP contribution in [0.4, 0.5) is 0 Å². The van der Waals surface area contributed by atoms with E-state index in [9.17, 15) is 14.4 Å². The SMILES string of the molecule is C=CCOC(=O)C1(C)C(=O)CCC1CC/C=C/C(C)=O. The number of hydrogen-bond acceptors (Lipinski definition) is 4. The quantitative estimate of drug-likeness (QED) is 0.311. The van der Waals surface area contributed by atoms with E-state index in [-0.39, 0.29) is 24.1 Å². The second-order valence-electron chi connectivity index (χ2n) is 5.34. The second kappa shape index (κ2) is 7.17. The molecule has 0 radical (unpaired) electrons. The number of allylic oxidation sites excluding steroid dienone is 2. The highest BCUT2D eigenvalue weighted by Gasteiger charge is 2.52. The Hall–Kier alpha value is -1.71. The van der Waals surface area contributed by atoms with E-state index in [2.05, 4.69) is 6.58 Å². The van der Waals surface area contributed by atoms with Gasteiger partial charge in [0.1, 0.15) is 17.8 Å². The summed E-state index contributed by atoms with van der Waals surface area (Å²) in [7, 11) is 0. The van der Waals surface area contributed by atoms with Gasteiger partial charge in [-0.3, -0.25) is 14.4 Å². The molecule has 0 heterocycles. The van der Waals surface area contributed by atoms with E-state index >= 15 is 0 Å². The van der Waals surface area contributed by atoms with Gasteiger partial charge in [0, 0.05) is 6.42 Å². The number of esters is 1. The molecule has 0 aromatic heterocycles. The molecule has 0 aromatic carbocycles. The van der Waals surface area contributed by atoms with Gasteiger partial charge in [0.05, 0.1) is 0 Å². The summed E-state index contributed by atoms with van der Waals surface area (Å²) < 4.78 is 5.07. The average molecular weight is 278 g/mol. The van der Waals surface area contributed by atoms with E-state index in [1.165, 1.54) is 19.1 Å². The number of Topliss-reactive ketones (excluding diaryl/α,β-unsaturated/α-hetero) is 1. The van der Waals surface area contributed by atoms with Crippen LogP contribution in [0.3, 0.4) is 0 Å². The van der Waals surface area contributed by atoms with Crippen molar-refractivity contribution in [3.05, 3.63) is 24.8 Å². The highest BCUT2D eigenvalue weighted by molar-refractivity contribution is 6.05. The predicted molar refractivity (Wildman–Crippen MR) is 76.0 cm³/mol. The third kappa shape index (κ3) is 3.65. The topological polar surface area (TPSA) is 60.4 Å². The lowest BCUT2D eigenvalue weighted by Gasteiger charge is -2.27. The molecule has 2 atom stereocenters. The third-order valence-electron chi connectivity index (χ3n) is 3.91. The van der Waals surface area contributed by atoms with Gasteiger partial charge in [-0.15, -0.1) is 0 Å². The number of carbonyl (C=O) groups is 3. The van der Waals surface area contributed by atoms with Crippen LogP contribution in [0.25, 0.3) is 0 Å². The molecule has 1 rings (SSSR count). The van der Waals surface area contributed by atoms with Crippen LogP contribution < -0.4 is 0 Å². The molecule has 0 saturated heterocycles. The lowest BCUT2D eigenvalue weighted by atomic mass is 9.77. The maximum absolute atomic E-state index is 12.1. The molecule has 0 aromatic rings. The van der Waals surface area contributed by atoms with Crippen LogP contribution in [-0.4, -0.2) is 24.1 Å². The molecular formula is C16H22O4. The maximum Gasteiger partial charge on any atom is 0.319 e. The van der Waals surface area contributed by atoms with E-state index in [0.717, 1.165) is 0 Å². The Kier molecular flexibility index (Phi) is 5.86. The number of hydrogen-bond donors (Lipinski definition) is 0. The minimum atomic E-state index is -1.05. The smallest absolute Gasteiger partial charge is 0.319 e. The van der Waals surface area contributed by atoms with E-state index in [1.54, 1.807) is 13.0 Å². The Morgan fingerprint density at radius 1 is 1.50 bits per heavy atom. The zero-order chi connectivity index (χ0) is 15.2. The zero-order valence-electron chi connectivity index (χ0n) is 12.2. The number of rotatable bonds is 7. The van der Waals surface area contributed by atoms with Crippen LogP contribution in [0.2, 0.25) is 0 Å². The van der Waals surface area contributed by atoms with Crippen molar-refractivity contribution < 1.29 is 19.1 Å². The first kappa shape index (κ1) is 16.3. The summed E-state index contributed by atoms with van der Waals surface area (Å²) in [6, 6.07) is 0. The van der Waals surface area contributed by atoms with Gasteiger partial charge in [0.2, 0.25) is 0 Å². The number of carbonyl (C=O) groups excluding carboxylic acids is 3. The average Bonchev–Trinajstić information content (AvgIpc) is 2.69. The normalized spacial score (nSPS) is 25.9. The molecule has 0 amide bonds. The molecule has 1 saturated carbocycles. The Morgan fingerprint density at radius 2 is 2.20 bits per heavy atom. The van der Waals surface area contributed by atoms with Crippen LogP contribution in [0, 0.1) is 11.3 Å². The first-order chi connectivity index (χ1) is 9.42. The molecule has 1 aliphatic rings. The molecule has 2 unspecified atom stereocenters. The minimum absolute atomic E-state index is 0.000604. The molecule has 0 aliphatic heterocycles. The van der Waals surface area contributed by atoms with Gasteiger partial charge in [-0.25, -0.2) is 0 Å². The van der Waals surface area contributed by atoms with Crippen LogP contribution in [0.1, 0.15) is 39.5 Å². The Labute approximate surface area is 119 Å². The molecule has 1 aliphatic carbocycles. The number of ether oxygens (including phenoxy) is 1. The molecule has 4 heteroatoms. The van der Waals surface area contributed by atoms with Crippen molar-refractivity contribution in [2.45, 2.75) is 39.5 Å². The molecule has 0 N–H and O–H groups in total. The summed E-state index contributed by atoms with van der Waals surface area (Å²) in [6.07, 6.45) is 7.31. The molecule has 20 heavy (non-hydrogen) atoms. The van der Waals surface area contributed by atoms with Gasteiger partial charge in [-0.05, 0) is 45.1 Å². The van der Waals surface area contributed by atoms with Gasteiger partial charge in [0.25, 0.3) is 0 Å². The Morgan fingerprint density at radius 3 is 2.80 bits per heavy atom. The summed E-state index contributed by atoms with van der Waals surface area (Å²) in [5.74, 6) is -0.530. The first-order valence-electron chi connectivity index (χ1n) is 6.91. The third-order valence-corrected chi connectivity index (χ3v) is 3.91. The highest BCUT2D eigenvalue weighted by atomic mass is 16.5. The van der Waals surface area contributed by atoms with Gasteiger partial charge < -0.3 is 4.74 Å². The van der Waals surface area contributed by atoms with Crippen molar-refractivity contribution in [2.24, 2.45) is 11.3 Å². The zero-order valence-corrected chi connectivity index (χ0v) is 12.2. The van der Waals surface area contributed by atoms with Crippen molar-refractivity contribution in [1.29, 1.82) is 0 Å². The van der Waals surface area contributed by atoms with Crippen LogP contribution in [0.5, 0.6) is 0 Å². The summed E-state index contributed by atoms with van der Waals surface area (Å²) in [5, 5.41) is 0. The standard InChI is InChI=1S/C16H22O4/c1-4-11-20-15(19)16(3)13(9-10-14(16)18)8-6-5-7-12(2)17/h4-5,7,13H,1,6,8-11H2,2-3H3/b7-5+. The number of ketones is 2. The molecular weight excluding hydrogens is 256 g/mol. The fourth-order valence-corrected chi connectivity index (χ4v) is 2.63. The van der Waals surface area contributed by atoms with Gasteiger partial charge in [-0.2, -0.15) is 0 Å². The van der Waals surface area contributed by atoms with Crippen molar-refractivity contribution in [2.75, 3.05) is 6.61 Å². The summed E-state index contributed by atoms with van der Waals surface area (Å²) in [5.41, 5.74) is -1.05.